The summed E-state index contributed by atoms with van der Waals surface area (Å²) in [4.78, 5) is 0. The molecule has 1 aliphatic carbocycles. The van der Waals surface area contributed by atoms with Crippen LogP contribution in [0.15, 0.2) is 194 Å². The Labute approximate surface area is 339 Å². The van der Waals surface area contributed by atoms with Crippen LogP contribution in [0.4, 0.5) is 0 Å². The molecule has 0 aliphatic heterocycles. The Morgan fingerprint density at radius 2 is 0.845 bits per heavy atom. The van der Waals surface area contributed by atoms with Gasteiger partial charge in [0.15, 0.2) is 0 Å². The molecule has 2 aromatic heterocycles. The first kappa shape index (κ1) is 34.1. The predicted molar refractivity (Wildman–Crippen MR) is 248 cm³/mol. The van der Waals surface area contributed by atoms with E-state index in [1.165, 1.54) is 110 Å². The van der Waals surface area contributed by atoms with Crippen LogP contribution >= 0.6 is 0 Å². The summed E-state index contributed by atoms with van der Waals surface area (Å²) in [6, 6.07) is 65.0. The Bertz CT molecular complexity index is 3260. The molecule has 0 spiro atoms. The van der Waals surface area contributed by atoms with Crippen molar-refractivity contribution < 1.29 is 0 Å². The molecule has 276 valence electrons. The van der Waals surface area contributed by atoms with E-state index in [4.69, 9.17) is 0 Å². The number of para-hydroxylation sites is 2. The summed E-state index contributed by atoms with van der Waals surface area (Å²) in [6.45, 7) is 0. The largest absolute Gasteiger partial charge is 0.343 e. The van der Waals surface area contributed by atoms with Crippen molar-refractivity contribution in [1.29, 1.82) is 0 Å². The highest BCUT2D eigenvalue weighted by Gasteiger charge is 2.26. The Balaban J connectivity index is 1.15. The minimum Gasteiger partial charge on any atom is -0.343 e. The van der Waals surface area contributed by atoms with E-state index in [1.54, 1.807) is 0 Å². The molecule has 11 rings (SSSR count). The van der Waals surface area contributed by atoms with E-state index in [1.807, 2.05) is 0 Å². The second kappa shape index (κ2) is 13.8. The number of allylic oxidation sites excluding steroid dienone is 4. The van der Waals surface area contributed by atoms with Crippen molar-refractivity contribution in [1.82, 2.24) is 9.13 Å². The predicted octanol–water partition coefficient (Wildman–Crippen LogP) is 15.0. The molecular formula is C56H42N2. The molecule has 0 saturated carbocycles. The molecule has 0 amide bonds. The van der Waals surface area contributed by atoms with Crippen LogP contribution in [0, 0.1) is 0 Å². The van der Waals surface area contributed by atoms with Crippen molar-refractivity contribution in [3.05, 3.63) is 200 Å². The van der Waals surface area contributed by atoms with Gasteiger partial charge in [0.05, 0.1) is 11.0 Å². The van der Waals surface area contributed by atoms with E-state index in [0.29, 0.717) is 0 Å². The number of aryl methyl sites for hydroxylation is 2. The van der Waals surface area contributed by atoms with Gasteiger partial charge >= 0.3 is 0 Å². The Kier molecular flexibility index (Phi) is 8.11. The second-order valence-electron chi connectivity index (χ2n) is 15.7. The van der Waals surface area contributed by atoms with Crippen molar-refractivity contribution in [2.75, 3.05) is 0 Å². The van der Waals surface area contributed by atoms with Crippen molar-refractivity contribution >= 4 is 49.2 Å². The van der Waals surface area contributed by atoms with Crippen molar-refractivity contribution in [3.8, 4) is 55.6 Å². The molecule has 2 heterocycles. The third kappa shape index (κ3) is 5.48. The van der Waals surface area contributed by atoms with Gasteiger partial charge in [0.25, 0.3) is 0 Å². The Morgan fingerprint density at radius 3 is 1.45 bits per heavy atom. The number of aromatic nitrogens is 2. The fourth-order valence-electron chi connectivity index (χ4n) is 9.59. The number of hydrogen-bond donors (Lipinski definition) is 0. The normalized spacial score (nSPS) is 12.9. The average Bonchev–Trinajstić information content (AvgIpc) is 3.76. The summed E-state index contributed by atoms with van der Waals surface area (Å²) in [5.41, 5.74) is 20.0. The van der Waals surface area contributed by atoms with Gasteiger partial charge in [-0.1, -0.05) is 170 Å². The molecule has 2 nitrogen and oxygen atoms in total. The lowest BCUT2D eigenvalue weighted by molar-refractivity contribution is 1.01. The highest BCUT2D eigenvalue weighted by atomic mass is 15.0. The molecule has 58 heavy (non-hydrogen) atoms. The Hall–Kier alpha value is -7.16. The highest BCUT2D eigenvalue weighted by molar-refractivity contribution is 6.33. The van der Waals surface area contributed by atoms with Crippen LogP contribution in [-0.2, 0) is 14.1 Å². The van der Waals surface area contributed by atoms with Gasteiger partial charge in [0.1, 0.15) is 0 Å². The number of nitrogens with zero attached hydrogens (tertiary/aromatic N) is 2. The van der Waals surface area contributed by atoms with Crippen LogP contribution in [-0.4, -0.2) is 9.13 Å². The van der Waals surface area contributed by atoms with E-state index >= 15 is 0 Å². The van der Waals surface area contributed by atoms with Gasteiger partial charge in [-0.15, -0.1) is 0 Å². The maximum absolute atomic E-state index is 2.42. The molecule has 0 fully saturated rings. The van der Waals surface area contributed by atoms with Crippen LogP contribution in [0.2, 0.25) is 0 Å². The summed E-state index contributed by atoms with van der Waals surface area (Å²) in [5, 5.41) is 5.14. The van der Waals surface area contributed by atoms with Crippen molar-refractivity contribution in [2.45, 2.75) is 12.8 Å². The van der Waals surface area contributed by atoms with Crippen LogP contribution < -0.4 is 0 Å². The highest BCUT2D eigenvalue weighted by Crippen LogP contribution is 2.50. The van der Waals surface area contributed by atoms with E-state index in [2.05, 4.69) is 217 Å². The number of rotatable bonds is 6. The molecule has 1 aliphatic rings. The third-order valence-corrected chi connectivity index (χ3v) is 12.4. The standard InChI is InChI=1S/C56H42N2/c1-57-50-26-12-10-24-48(50)54-55(57)52(42-33-29-40(30-34-42)46-22-14-20-44(36-46)38-17-7-4-8-18-38)51(53-47-23-9-11-25-49(47)58(2)56(53)54)41-31-27-39(28-32-41)45-21-13-19-43(35-45)37-15-5-3-6-16-37/h3-7,9-17,19-36H,8,18H2,1-2H3. The molecule has 0 atom stereocenters. The molecule has 0 radical (unpaired) electrons. The lowest BCUT2D eigenvalue weighted by atomic mass is 9.86. The average molecular weight is 743 g/mol. The molecule has 0 unspecified atom stereocenters. The zero-order valence-corrected chi connectivity index (χ0v) is 32.8. The maximum Gasteiger partial charge on any atom is 0.0597 e. The lowest BCUT2D eigenvalue weighted by Gasteiger charge is -2.18. The first-order valence-corrected chi connectivity index (χ1v) is 20.4. The maximum atomic E-state index is 2.42. The smallest absolute Gasteiger partial charge is 0.0597 e. The molecule has 10 aromatic rings. The van der Waals surface area contributed by atoms with E-state index in [0.717, 1.165) is 12.8 Å². The van der Waals surface area contributed by atoms with Gasteiger partial charge in [-0.3, -0.25) is 0 Å². The fourth-order valence-corrected chi connectivity index (χ4v) is 9.59. The first-order valence-electron chi connectivity index (χ1n) is 20.4. The first-order chi connectivity index (χ1) is 28.6. The quantitative estimate of drug-likeness (QED) is 0.161. The van der Waals surface area contributed by atoms with Gasteiger partial charge in [0, 0.05) is 57.8 Å². The van der Waals surface area contributed by atoms with Gasteiger partial charge < -0.3 is 9.13 Å². The van der Waals surface area contributed by atoms with Gasteiger partial charge in [-0.25, -0.2) is 0 Å². The molecule has 8 aromatic carbocycles. The van der Waals surface area contributed by atoms with Crippen molar-refractivity contribution in [2.24, 2.45) is 14.1 Å². The van der Waals surface area contributed by atoms with Crippen LogP contribution in [0.1, 0.15) is 18.4 Å². The summed E-state index contributed by atoms with van der Waals surface area (Å²) in [6.07, 6.45) is 8.89. The van der Waals surface area contributed by atoms with Gasteiger partial charge in [-0.05, 0) is 92.8 Å². The summed E-state index contributed by atoms with van der Waals surface area (Å²) in [7, 11) is 4.48. The number of benzene rings is 8. The van der Waals surface area contributed by atoms with E-state index < -0.39 is 0 Å². The monoisotopic (exact) mass is 742 g/mol. The minimum atomic E-state index is 1.08. The van der Waals surface area contributed by atoms with Crippen LogP contribution in [0.25, 0.3) is 105 Å². The lowest BCUT2D eigenvalue weighted by Crippen LogP contribution is -1.96. The summed E-state index contributed by atoms with van der Waals surface area (Å²) in [5.74, 6) is 0. The van der Waals surface area contributed by atoms with Crippen molar-refractivity contribution in [3.63, 3.8) is 0 Å². The zero-order valence-electron chi connectivity index (χ0n) is 32.8. The topological polar surface area (TPSA) is 9.86 Å². The molecule has 2 heteroatoms. The second-order valence-corrected chi connectivity index (χ2v) is 15.7. The third-order valence-electron chi connectivity index (χ3n) is 12.4. The van der Waals surface area contributed by atoms with Crippen LogP contribution in [0.3, 0.4) is 0 Å². The van der Waals surface area contributed by atoms with Gasteiger partial charge in [-0.2, -0.15) is 0 Å². The zero-order chi connectivity index (χ0) is 38.7. The van der Waals surface area contributed by atoms with E-state index in [9.17, 15) is 0 Å². The van der Waals surface area contributed by atoms with Crippen LogP contribution in [0.5, 0.6) is 0 Å². The minimum absolute atomic E-state index is 1.08. The molecule has 0 saturated heterocycles. The molecular weight excluding hydrogens is 701 g/mol. The molecule has 0 bridgehead atoms. The summed E-state index contributed by atoms with van der Waals surface area (Å²) < 4.78 is 4.84. The van der Waals surface area contributed by atoms with Gasteiger partial charge in [0.2, 0.25) is 0 Å². The Morgan fingerprint density at radius 1 is 0.379 bits per heavy atom. The summed E-state index contributed by atoms with van der Waals surface area (Å²) >= 11 is 0. The SMILES string of the molecule is Cn1c2ccccc2c2c1c(-c1ccc(-c3cccc(C4=CC=CCC4)c3)cc1)c(-c1ccc(-c3cccc(-c4ccccc4)c3)cc1)c1c3ccccc3n(C)c12. The number of hydrogen-bond acceptors (Lipinski definition) is 0. The van der Waals surface area contributed by atoms with E-state index in [-0.39, 0.29) is 0 Å². The number of fused-ring (bicyclic) bond motifs is 7. The fraction of sp³-hybridized carbons (Fsp3) is 0.0714. The molecule has 0 N–H and O–H groups in total.